The summed E-state index contributed by atoms with van der Waals surface area (Å²) in [7, 11) is 0. The highest BCUT2D eigenvalue weighted by Gasteiger charge is 2.29. The molecule has 1 aliphatic carbocycles. The molecule has 0 aromatic heterocycles. The average Bonchev–Trinajstić information content (AvgIpc) is 2.15. The summed E-state index contributed by atoms with van der Waals surface area (Å²) in [6.07, 6.45) is 4.71. The first kappa shape index (κ1) is 11.5. The third-order valence-electron chi connectivity index (χ3n) is 2.61. The van der Waals surface area contributed by atoms with Crippen LogP contribution in [-0.2, 0) is 4.79 Å². The molecule has 1 saturated carbocycles. The van der Waals surface area contributed by atoms with Crippen molar-refractivity contribution in [3.8, 4) is 0 Å². The van der Waals surface area contributed by atoms with Crippen molar-refractivity contribution in [2.24, 2.45) is 0 Å². The van der Waals surface area contributed by atoms with Crippen LogP contribution in [0, 0.1) is 0 Å². The second-order valence-corrected chi connectivity index (χ2v) is 4.33. The highest BCUT2D eigenvalue weighted by atomic mass is 35.5. The van der Waals surface area contributed by atoms with Gasteiger partial charge < -0.3 is 10.4 Å². The number of hydrogen-bond donors (Lipinski definition) is 2. The van der Waals surface area contributed by atoms with E-state index in [2.05, 4.69) is 11.9 Å². The summed E-state index contributed by atoms with van der Waals surface area (Å²) < 4.78 is 0. The number of rotatable bonds is 3. The van der Waals surface area contributed by atoms with E-state index >= 15 is 0 Å². The van der Waals surface area contributed by atoms with Gasteiger partial charge in [0.1, 0.15) is 0 Å². The lowest BCUT2D eigenvalue weighted by atomic mass is 9.85. The largest absolute Gasteiger partial charge is 0.388 e. The Labute approximate surface area is 89.1 Å². The van der Waals surface area contributed by atoms with Crippen molar-refractivity contribution in [1.29, 1.82) is 0 Å². The zero-order valence-corrected chi connectivity index (χ0v) is 8.94. The first-order valence-corrected chi connectivity index (χ1v) is 5.26. The van der Waals surface area contributed by atoms with Crippen molar-refractivity contribution in [2.45, 2.75) is 37.7 Å². The van der Waals surface area contributed by atoms with Crippen LogP contribution >= 0.6 is 11.6 Å². The number of hydrogen-bond acceptors (Lipinski definition) is 2. The number of aliphatic hydroxyl groups is 1. The molecule has 1 fully saturated rings. The standard InChI is InChI=1S/C10H16ClNO2/c1-8(11)9(13)12-7-10(14)5-3-2-4-6-10/h14H,1-7H2,(H,12,13). The molecule has 0 spiro atoms. The maximum absolute atomic E-state index is 11.1. The Kier molecular flexibility index (Phi) is 3.96. The molecule has 0 radical (unpaired) electrons. The van der Waals surface area contributed by atoms with E-state index in [1.807, 2.05) is 0 Å². The predicted molar refractivity (Wildman–Crippen MR) is 56.0 cm³/mol. The van der Waals surface area contributed by atoms with E-state index in [-0.39, 0.29) is 11.6 Å². The zero-order chi connectivity index (χ0) is 10.6. The van der Waals surface area contributed by atoms with Gasteiger partial charge in [-0.25, -0.2) is 0 Å². The Bertz CT molecular complexity index is 234. The summed E-state index contributed by atoms with van der Waals surface area (Å²) >= 11 is 5.40. The van der Waals surface area contributed by atoms with E-state index in [4.69, 9.17) is 11.6 Å². The Morgan fingerprint density at radius 2 is 2.00 bits per heavy atom. The van der Waals surface area contributed by atoms with Crippen LogP contribution in [0.2, 0.25) is 0 Å². The van der Waals surface area contributed by atoms with Crippen molar-refractivity contribution in [1.82, 2.24) is 5.32 Å². The van der Waals surface area contributed by atoms with Gasteiger partial charge in [0.25, 0.3) is 5.91 Å². The minimum absolute atomic E-state index is 0.0376. The van der Waals surface area contributed by atoms with Crippen LogP contribution in [-0.4, -0.2) is 23.2 Å². The third-order valence-corrected chi connectivity index (χ3v) is 2.78. The van der Waals surface area contributed by atoms with Gasteiger partial charge in [-0.15, -0.1) is 0 Å². The van der Waals surface area contributed by atoms with Gasteiger partial charge in [-0.2, -0.15) is 0 Å². The van der Waals surface area contributed by atoms with Gasteiger partial charge in [0.05, 0.1) is 10.6 Å². The summed E-state index contributed by atoms with van der Waals surface area (Å²) in [6, 6.07) is 0. The van der Waals surface area contributed by atoms with E-state index in [1.54, 1.807) is 0 Å². The fourth-order valence-electron chi connectivity index (χ4n) is 1.73. The van der Waals surface area contributed by atoms with Crippen LogP contribution in [0.25, 0.3) is 0 Å². The molecule has 2 N–H and O–H groups in total. The number of carbonyl (C=O) groups is 1. The Morgan fingerprint density at radius 3 is 2.50 bits per heavy atom. The predicted octanol–water partition coefficient (Wildman–Crippen LogP) is 1.55. The van der Waals surface area contributed by atoms with Gasteiger partial charge in [-0.3, -0.25) is 4.79 Å². The molecule has 0 aromatic carbocycles. The molecular weight excluding hydrogens is 202 g/mol. The SMILES string of the molecule is C=C(Cl)C(=O)NCC1(O)CCCCC1. The first-order valence-electron chi connectivity index (χ1n) is 4.88. The Morgan fingerprint density at radius 1 is 1.43 bits per heavy atom. The van der Waals surface area contributed by atoms with Crippen molar-refractivity contribution in [3.63, 3.8) is 0 Å². The maximum atomic E-state index is 11.1. The van der Waals surface area contributed by atoms with Gasteiger partial charge in [0.2, 0.25) is 0 Å². The van der Waals surface area contributed by atoms with Crippen LogP contribution in [0.15, 0.2) is 11.6 Å². The van der Waals surface area contributed by atoms with Gasteiger partial charge >= 0.3 is 0 Å². The number of nitrogens with one attached hydrogen (secondary N) is 1. The molecule has 0 aliphatic heterocycles. The lowest BCUT2D eigenvalue weighted by Gasteiger charge is -2.32. The molecule has 0 aromatic rings. The molecule has 0 bridgehead atoms. The summed E-state index contributed by atoms with van der Waals surface area (Å²) in [4.78, 5) is 11.1. The Balaban J connectivity index is 2.35. The molecule has 0 heterocycles. The molecule has 3 nitrogen and oxygen atoms in total. The maximum Gasteiger partial charge on any atom is 0.262 e. The molecule has 14 heavy (non-hydrogen) atoms. The van der Waals surface area contributed by atoms with Crippen molar-refractivity contribution in [2.75, 3.05) is 6.54 Å². The number of carbonyl (C=O) groups excluding carboxylic acids is 1. The highest BCUT2D eigenvalue weighted by Crippen LogP contribution is 2.27. The monoisotopic (exact) mass is 217 g/mol. The molecule has 1 rings (SSSR count). The summed E-state index contributed by atoms with van der Waals surface area (Å²) in [5.41, 5.74) is -0.736. The molecule has 0 atom stereocenters. The normalized spacial score (nSPS) is 20.1. The summed E-state index contributed by atoms with van der Waals surface area (Å²) in [5.74, 6) is -0.398. The van der Waals surface area contributed by atoms with Crippen molar-refractivity contribution < 1.29 is 9.90 Å². The smallest absolute Gasteiger partial charge is 0.262 e. The number of amides is 1. The van der Waals surface area contributed by atoms with E-state index in [1.165, 1.54) is 6.42 Å². The summed E-state index contributed by atoms with van der Waals surface area (Å²) in [5, 5.41) is 12.5. The zero-order valence-electron chi connectivity index (χ0n) is 8.18. The van der Waals surface area contributed by atoms with Crippen molar-refractivity contribution in [3.05, 3.63) is 11.6 Å². The minimum Gasteiger partial charge on any atom is -0.388 e. The molecule has 1 amide bonds. The second kappa shape index (κ2) is 4.80. The summed E-state index contributed by atoms with van der Waals surface area (Å²) in [6.45, 7) is 3.59. The average molecular weight is 218 g/mol. The highest BCUT2D eigenvalue weighted by molar-refractivity contribution is 6.41. The molecule has 0 saturated heterocycles. The Hall–Kier alpha value is -0.540. The first-order chi connectivity index (χ1) is 6.53. The van der Waals surface area contributed by atoms with Gasteiger partial charge in [-0.1, -0.05) is 37.4 Å². The minimum atomic E-state index is -0.736. The van der Waals surface area contributed by atoms with Crippen LogP contribution in [0.5, 0.6) is 0 Å². The molecule has 0 unspecified atom stereocenters. The van der Waals surface area contributed by atoms with Crippen molar-refractivity contribution >= 4 is 17.5 Å². The lowest BCUT2D eigenvalue weighted by molar-refractivity contribution is -0.118. The second-order valence-electron chi connectivity index (χ2n) is 3.87. The van der Waals surface area contributed by atoms with E-state index in [0.29, 0.717) is 0 Å². The van der Waals surface area contributed by atoms with E-state index in [0.717, 1.165) is 25.7 Å². The quantitative estimate of drug-likeness (QED) is 0.705. The molecule has 4 heteroatoms. The third kappa shape index (κ3) is 3.31. The fraction of sp³-hybridized carbons (Fsp3) is 0.700. The van der Waals surface area contributed by atoms with E-state index in [9.17, 15) is 9.90 Å². The molecular formula is C10H16ClNO2. The van der Waals surface area contributed by atoms with Crippen LogP contribution in [0.4, 0.5) is 0 Å². The van der Waals surface area contributed by atoms with Gasteiger partial charge in [0, 0.05) is 6.54 Å². The van der Waals surface area contributed by atoms with Crippen LogP contribution in [0.1, 0.15) is 32.1 Å². The fourth-order valence-corrected chi connectivity index (χ4v) is 1.79. The molecule has 80 valence electrons. The van der Waals surface area contributed by atoms with Crippen LogP contribution in [0.3, 0.4) is 0 Å². The van der Waals surface area contributed by atoms with Crippen LogP contribution < -0.4 is 5.32 Å². The number of halogens is 1. The topological polar surface area (TPSA) is 49.3 Å². The van der Waals surface area contributed by atoms with Gasteiger partial charge in [-0.05, 0) is 12.8 Å². The van der Waals surface area contributed by atoms with Gasteiger partial charge in [0.15, 0.2) is 0 Å². The lowest BCUT2D eigenvalue weighted by Crippen LogP contribution is -2.44. The van der Waals surface area contributed by atoms with E-state index < -0.39 is 11.5 Å². The molecule has 1 aliphatic rings.